The van der Waals surface area contributed by atoms with Crippen molar-refractivity contribution in [2.75, 3.05) is 12.4 Å². The molecule has 2 aromatic heterocycles. The van der Waals surface area contributed by atoms with E-state index in [9.17, 15) is 0 Å². The highest BCUT2D eigenvalue weighted by atomic mass is 79.9. The second-order valence-electron chi connectivity index (χ2n) is 8.13. The van der Waals surface area contributed by atoms with E-state index in [1.165, 1.54) is 61.4 Å². The maximum absolute atomic E-state index is 5.21. The van der Waals surface area contributed by atoms with Crippen LogP contribution in [0.25, 0.3) is 22.4 Å². The van der Waals surface area contributed by atoms with E-state index < -0.39 is 0 Å². The third kappa shape index (κ3) is 4.67. The number of imidazole rings is 1. The smallest absolute Gasteiger partial charge is 0.159 e. The number of hydrogen-bond donors (Lipinski definition) is 0. The van der Waals surface area contributed by atoms with Crippen LogP contribution >= 0.6 is 47.8 Å². The Labute approximate surface area is 214 Å². The predicted octanol–water partition coefficient (Wildman–Crippen LogP) is 7.74. The molecule has 0 amide bonds. The van der Waals surface area contributed by atoms with Crippen LogP contribution in [0, 0.1) is 0 Å². The lowest BCUT2D eigenvalue weighted by Gasteiger charge is -2.23. The van der Waals surface area contributed by atoms with Crippen LogP contribution in [-0.4, -0.2) is 26.6 Å². The van der Waals surface area contributed by atoms with E-state index in [4.69, 9.17) is 14.8 Å². The van der Waals surface area contributed by atoms with Gasteiger partial charge in [-0.05, 0) is 67.8 Å². The van der Waals surface area contributed by atoms with Gasteiger partial charge in [-0.3, -0.25) is 0 Å². The van der Waals surface area contributed by atoms with Crippen molar-refractivity contribution in [2.45, 2.75) is 57.7 Å². The summed E-state index contributed by atoms with van der Waals surface area (Å²) in [4.78, 5) is 15.0. The van der Waals surface area contributed by atoms with Crippen LogP contribution in [0.4, 0.5) is 0 Å². The number of halogens is 3. The van der Waals surface area contributed by atoms with Gasteiger partial charge in [0.15, 0.2) is 5.82 Å². The Bertz CT molecular complexity index is 1100. The summed E-state index contributed by atoms with van der Waals surface area (Å²) in [5.74, 6) is 1.51. The molecule has 0 unspecified atom stereocenters. The number of alkyl halides is 1. The van der Waals surface area contributed by atoms with E-state index in [1.54, 1.807) is 0 Å². The lowest BCUT2D eigenvalue weighted by atomic mass is 9.82. The van der Waals surface area contributed by atoms with Gasteiger partial charge in [-0.1, -0.05) is 53.4 Å². The zero-order valence-electron chi connectivity index (χ0n) is 18.2. The number of nitrogens with zero attached hydrogens (tertiary/aromatic N) is 3. The van der Waals surface area contributed by atoms with Gasteiger partial charge >= 0.3 is 0 Å². The van der Waals surface area contributed by atoms with Gasteiger partial charge < -0.3 is 9.13 Å². The summed E-state index contributed by atoms with van der Waals surface area (Å²) < 4.78 is 6.40. The van der Waals surface area contributed by atoms with E-state index in [0.29, 0.717) is 19.1 Å². The largest absolute Gasteiger partial charge is 0.334 e. The molecule has 1 aliphatic carbocycles. The summed E-state index contributed by atoms with van der Waals surface area (Å²) >= 11 is 11.0. The van der Waals surface area contributed by atoms with E-state index in [2.05, 4.69) is 81.7 Å². The van der Waals surface area contributed by atoms with E-state index in [-0.39, 0.29) is 0 Å². The van der Waals surface area contributed by atoms with Gasteiger partial charge in [0, 0.05) is 29.3 Å². The van der Waals surface area contributed by atoms with Crippen LogP contribution < -0.4 is 0 Å². The Kier molecular flexibility index (Phi) is 8.32. The number of benzene rings is 1. The van der Waals surface area contributed by atoms with Gasteiger partial charge in [0.25, 0.3) is 0 Å². The fourth-order valence-electron chi connectivity index (χ4n) is 4.88. The molecular formula is C24H28Br3N3O2. The number of hydrogen-bond acceptors (Lipinski definition) is 3. The molecule has 8 heteroatoms. The van der Waals surface area contributed by atoms with Crippen LogP contribution in [0.1, 0.15) is 49.1 Å². The summed E-state index contributed by atoms with van der Waals surface area (Å²) in [6.45, 7) is 6.00. The van der Waals surface area contributed by atoms with Crippen molar-refractivity contribution in [2.24, 2.45) is 0 Å². The lowest BCUT2D eigenvalue weighted by molar-refractivity contribution is -0.282. The van der Waals surface area contributed by atoms with Crippen molar-refractivity contribution in [1.82, 2.24) is 14.1 Å². The number of allylic oxidation sites excluding steroid dienone is 1. The molecule has 1 fully saturated rings. The maximum Gasteiger partial charge on any atom is 0.159 e. The Morgan fingerprint density at radius 1 is 1.19 bits per heavy atom. The van der Waals surface area contributed by atoms with Crippen molar-refractivity contribution in [3.8, 4) is 11.5 Å². The molecule has 32 heavy (non-hydrogen) atoms. The minimum atomic E-state index is 0.412. The molecule has 1 aliphatic rings. The predicted molar refractivity (Wildman–Crippen MR) is 140 cm³/mol. The van der Waals surface area contributed by atoms with Gasteiger partial charge in [-0.15, -0.1) is 6.58 Å². The average molecular weight is 630 g/mol. The van der Waals surface area contributed by atoms with Crippen LogP contribution in [0.15, 0.2) is 40.1 Å². The van der Waals surface area contributed by atoms with Gasteiger partial charge in [0.1, 0.15) is 15.8 Å². The minimum absolute atomic E-state index is 0.412. The fourth-order valence-corrected chi connectivity index (χ4v) is 6.05. The first kappa shape index (κ1) is 24.2. The fraction of sp³-hybridized carbons (Fsp3) is 0.458. The topological polar surface area (TPSA) is 41.2 Å². The first-order valence-corrected chi connectivity index (χ1v) is 13.7. The van der Waals surface area contributed by atoms with Crippen LogP contribution in [0.3, 0.4) is 0 Å². The molecule has 2 heterocycles. The molecule has 172 valence electrons. The van der Waals surface area contributed by atoms with Crippen LogP contribution in [0.5, 0.6) is 0 Å². The highest BCUT2D eigenvalue weighted by Gasteiger charge is 2.29. The molecule has 0 bridgehead atoms. The Hall–Kier alpha value is -0.930. The molecule has 4 rings (SSSR count). The van der Waals surface area contributed by atoms with Crippen LogP contribution in [0.2, 0.25) is 0 Å². The van der Waals surface area contributed by atoms with E-state index in [0.717, 1.165) is 32.5 Å². The summed E-state index contributed by atoms with van der Waals surface area (Å²) in [5.41, 5.74) is 4.89. The quantitative estimate of drug-likeness (QED) is 0.105. The zero-order chi connectivity index (χ0) is 22.7. The third-order valence-electron chi connectivity index (χ3n) is 6.22. The zero-order valence-corrected chi connectivity index (χ0v) is 23.0. The second-order valence-corrected chi connectivity index (χ2v) is 10.4. The molecule has 0 spiro atoms. The highest BCUT2D eigenvalue weighted by molar-refractivity contribution is 9.13. The van der Waals surface area contributed by atoms with Crippen molar-refractivity contribution in [3.63, 3.8) is 0 Å². The summed E-state index contributed by atoms with van der Waals surface area (Å²) in [6, 6.07) is 6.61. The van der Waals surface area contributed by atoms with Crippen LogP contribution in [-0.2, 0) is 29.5 Å². The highest BCUT2D eigenvalue weighted by Crippen LogP contribution is 2.45. The Morgan fingerprint density at radius 2 is 1.97 bits per heavy atom. The van der Waals surface area contributed by atoms with Crippen molar-refractivity contribution in [1.29, 1.82) is 0 Å². The SMILES string of the molecule is C=CCn1c(-c2nc(Br)c(Br)n2CCBr)c(C2CCCCC2)c2ccc(COOC)cc21. The number of aromatic nitrogens is 3. The first-order valence-electron chi connectivity index (χ1n) is 11.0. The standard InChI is InChI=1S/C24H28Br3N3O2/c1-3-12-29-19-14-16(15-32-31-2)9-10-18(19)20(17-7-5-4-6-8-17)21(29)24-28-22(26)23(27)30(24)13-11-25/h3,9-10,14,17H,1,4-8,11-13,15H2,2H3. The lowest BCUT2D eigenvalue weighted by Crippen LogP contribution is -2.10. The maximum atomic E-state index is 5.21. The molecule has 3 aromatic rings. The van der Waals surface area contributed by atoms with E-state index >= 15 is 0 Å². The molecule has 0 N–H and O–H groups in total. The molecule has 1 aromatic carbocycles. The molecular weight excluding hydrogens is 602 g/mol. The number of rotatable bonds is 9. The number of fused-ring (bicyclic) bond motifs is 1. The van der Waals surface area contributed by atoms with E-state index in [1.807, 2.05) is 6.08 Å². The molecule has 0 atom stereocenters. The molecule has 0 saturated heterocycles. The Balaban J connectivity index is 2.01. The van der Waals surface area contributed by atoms with Crippen molar-refractivity contribution >= 4 is 58.7 Å². The van der Waals surface area contributed by atoms with Gasteiger partial charge in [0.2, 0.25) is 0 Å². The minimum Gasteiger partial charge on any atom is -0.334 e. The van der Waals surface area contributed by atoms with Gasteiger partial charge in [-0.25, -0.2) is 14.8 Å². The monoisotopic (exact) mass is 627 g/mol. The normalized spacial score (nSPS) is 15.0. The van der Waals surface area contributed by atoms with Gasteiger partial charge in [0.05, 0.1) is 12.8 Å². The molecule has 1 saturated carbocycles. The molecule has 0 radical (unpaired) electrons. The Morgan fingerprint density at radius 3 is 2.66 bits per heavy atom. The molecule has 5 nitrogen and oxygen atoms in total. The van der Waals surface area contributed by atoms with Crippen molar-refractivity contribution < 1.29 is 9.78 Å². The van der Waals surface area contributed by atoms with Crippen molar-refractivity contribution in [3.05, 3.63) is 51.2 Å². The summed E-state index contributed by atoms with van der Waals surface area (Å²) in [5, 5.41) is 2.15. The average Bonchev–Trinajstić information content (AvgIpc) is 3.27. The summed E-state index contributed by atoms with van der Waals surface area (Å²) in [6.07, 6.45) is 8.29. The summed E-state index contributed by atoms with van der Waals surface area (Å²) in [7, 11) is 1.54. The second kappa shape index (κ2) is 11.0. The molecule has 0 aliphatic heterocycles. The van der Waals surface area contributed by atoms with Gasteiger partial charge in [-0.2, -0.15) is 0 Å². The first-order chi connectivity index (χ1) is 15.6. The third-order valence-corrected chi connectivity index (χ3v) is 8.47.